The minimum Gasteiger partial charge on any atom is -0.352 e. The molecule has 0 bridgehead atoms. The van der Waals surface area contributed by atoms with E-state index in [2.05, 4.69) is 44.3 Å². The predicted octanol–water partition coefficient (Wildman–Crippen LogP) is 3.98. The molecule has 4 rings (SSSR count). The van der Waals surface area contributed by atoms with Crippen molar-refractivity contribution in [2.45, 2.75) is 77.5 Å². The van der Waals surface area contributed by atoms with E-state index in [1.807, 2.05) is 17.9 Å². The zero-order valence-corrected chi connectivity index (χ0v) is 22.2. The van der Waals surface area contributed by atoms with Crippen LogP contribution in [0.25, 0.3) is 0 Å². The lowest BCUT2D eigenvalue weighted by Gasteiger charge is -2.40. The van der Waals surface area contributed by atoms with Crippen molar-refractivity contribution in [3.63, 3.8) is 0 Å². The lowest BCUT2D eigenvalue weighted by Crippen LogP contribution is -2.52. The highest BCUT2D eigenvalue weighted by molar-refractivity contribution is 7.07. The van der Waals surface area contributed by atoms with E-state index in [1.54, 1.807) is 24.3 Å². The number of rotatable bonds is 9. The van der Waals surface area contributed by atoms with Gasteiger partial charge in [0.2, 0.25) is 0 Å². The van der Waals surface area contributed by atoms with Crippen LogP contribution in [0.1, 0.15) is 71.9 Å². The SMILES string of the molecule is Cc1cc(C#N)nc(C)c1C(=O)NCC[C@@H](C)N1CCC(N(Cc2ccsc2)C(=O)NC2CC2)CC1. The molecule has 1 atom stereocenters. The number of aryl methyl sites for hydroxylation is 2. The van der Waals surface area contributed by atoms with Crippen LogP contribution in [-0.4, -0.2) is 64.5 Å². The van der Waals surface area contributed by atoms with Gasteiger partial charge >= 0.3 is 6.03 Å². The Balaban J connectivity index is 1.26. The Morgan fingerprint density at radius 2 is 2.03 bits per heavy atom. The monoisotopic (exact) mass is 508 g/mol. The second-order valence-electron chi connectivity index (χ2n) is 10.0. The maximum absolute atomic E-state index is 13.0. The number of aromatic nitrogens is 1. The van der Waals surface area contributed by atoms with Crippen LogP contribution in [0.5, 0.6) is 0 Å². The number of piperidine rings is 1. The summed E-state index contributed by atoms with van der Waals surface area (Å²) in [5, 5.41) is 19.5. The van der Waals surface area contributed by atoms with Gasteiger partial charge in [-0.1, -0.05) is 0 Å². The van der Waals surface area contributed by atoms with Crippen molar-refractivity contribution in [1.29, 1.82) is 5.26 Å². The molecule has 9 heteroatoms. The number of nitrogens with one attached hydrogen (secondary N) is 2. The van der Waals surface area contributed by atoms with Gasteiger partial charge < -0.3 is 20.4 Å². The van der Waals surface area contributed by atoms with Crippen molar-refractivity contribution >= 4 is 23.3 Å². The van der Waals surface area contributed by atoms with Gasteiger partial charge in [-0.25, -0.2) is 9.78 Å². The molecule has 1 aliphatic carbocycles. The first-order valence-electron chi connectivity index (χ1n) is 12.8. The van der Waals surface area contributed by atoms with Crippen molar-refractivity contribution in [3.05, 3.63) is 51.0 Å². The average Bonchev–Trinajstić information content (AvgIpc) is 3.52. The molecule has 2 aromatic heterocycles. The number of nitrogens with zero attached hydrogens (tertiary/aromatic N) is 4. The molecule has 2 N–H and O–H groups in total. The van der Waals surface area contributed by atoms with Crippen LogP contribution in [0.15, 0.2) is 22.9 Å². The molecule has 2 fully saturated rings. The summed E-state index contributed by atoms with van der Waals surface area (Å²) < 4.78 is 0. The summed E-state index contributed by atoms with van der Waals surface area (Å²) in [6.45, 7) is 8.92. The predicted molar refractivity (Wildman–Crippen MR) is 141 cm³/mol. The van der Waals surface area contributed by atoms with E-state index in [-0.39, 0.29) is 18.0 Å². The maximum atomic E-state index is 13.0. The Kier molecular flexibility index (Phi) is 8.60. The van der Waals surface area contributed by atoms with Crippen LogP contribution in [-0.2, 0) is 6.54 Å². The van der Waals surface area contributed by atoms with Crippen LogP contribution >= 0.6 is 11.3 Å². The standard InChI is InChI=1S/C27H36N6O2S/c1-18-14-23(15-28)30-20(3)25(18)26(34)29-10-6-19(2)32-11-7-24(8-12-32)33(16-21-9-13-36-17-21)27(35)31-22-4-5-22/h9,13-14,17,19,22,24H,4-8,10-12,16H2,1-3H3,(H,29,34)(H,31,35)/t19-/m1/s1. The molecule has 0 spiro atoms. The van der Waals surface area contributed by atoms with Crippen LogP contribution in [0, 0.1) is 25.2 Å². The van der Waals surface area contributed by atoms with Crippen LogP contribution in [0.3, 0.4) is 0 Å². The van der Waals surface area contributed by atoms with Gasteiger partial charge in [0.25, 0.3) is 5.91 Å². The first-order chi connectivity index (χ1) is 17.4. The number of carbonyl (C=O) groups is 2. The second kappa shape index (κ2) is 11.8. The lowest BCUT2D eigenvalue weighted by molar-refractivity contribution is 0.0903. The highest BCUT2D eigenvalue weighted by atomic mass is 32.1. The van der Waals surface area contributed by atoms with Crippen molar-refractivity contribution in [3.8, 4) is 6.07 Å². The highest BCUT2D eigenvalue weighted by Gasteiger charge is 2.32. The van der Waals surface area contributed by atoms with E-state index >= 15 is 0 Å². The largest absolute Gasteiger partial charge is 0.352 e. The van der Waals surface area contributed by atoms with Gasteiger partial charge in [0.15, 0.2) is 0 Å². The van der Waals surface area contributed by atoms with Crippen LogP contribution in [0.2, 0.25) is 0 Å². The molecular formula is C27H36N6O2S. The molecule has 2 aromatic rings. The maximum Gasteiger partial charge on any atom is 0.318 e. The summed E-state index contributed by atoms with van der Waals surface area (Å²) in [5.74, 6) is -0.140. The molecule has 0 unspecified atom stereocenters. The van der Waals surface area contributed by atoms with E-state index in [9.17, 15) is 9.59 Å². The Labute approximate surface area is 217 Å². The number of hydrogen-bond donors (Lipinski definition) is 2. The second-order valence-corrected chi connectivity index (χ2v) is 10.8. The Morgan fingerprint density at radius 1 is 1.28 bits per heavy atom. The highest BCUT2D eigenvalue weighted by Crippen LogP contribution is 2.24. The molecule has 1 saturated heterocycles. The van der Waals surface area contributed by atoms with Gasteiger partial charge in [-0.2, -0.15) is 16.6 Å². The molecule has 1 saturated carbocycles. The number of pyridine rings is 1. The normalized spacial score (nSPS) is 17.3. The van der Waals surface area contributed by atoms with Gasteiger partial charge in [0, 0.05) is 44.3 Å². The van der Waals surface area contributed by atoms with E-state index < -0.39 is 0 Å². The first kappa shape index (κ1) is 26.1. The third kappa shape index (κ3) is 6.62. The van der Waals surface area contributed by atoms with E-state index in [0.717, 1.165) is 50.8 Å². The summed E-state index contributed by atoms with van der Waals surface area (Å²) in [6, 6.07) is 6.78. The van der Waals surface area contributed by atoms with E-state index in [4.69, 9.17) is 5.26 Å². The summed E-state index contributed by atoms with van der Waals surface area (Å²) in [5.41, 5.74) is 3.43. The molecule has 1 aliphatic heterocycles. The molecular weight excluding hydrogens is 472 g/mol. The summed E-state index contributed by atoms with van der Waals surface area (Å²) in [6.07, 6.45) is 4.93. The molecule has 0 radical (unpaired) electrons. The Morgan fingerprint density at radius 3 is 2.64 bits per heavy atom. The number of amides is 3. The van der Waals surface area contributed by atoms with Gasteiger partial charge in [0.1, 0.15) is 11.8 Å². The molecule has 2 aliphatic rings. The van der Waals surface area contributed by atoms with Crippen LogP contribution in [0.4, 0.5) is 4.79 Å². The quantitative estimate of drug-likeness (QED) is 0.534. The summed E-state index contributed by atoms with van der Waals surface area (Å²) >= 11 is 1.67. The smallest absolute Gasteiger partial charge is 0.318 e. The number of carbonyl (C=O) groups excluding carboxylic acids is 2. The van der Waals surface area contributed by atoms with Crippen molar-refractivity contribution in [1.82, 2.24) is 25.4 Å². The van der Waals surface area contributed by atoms with E-state index in [1.165, 1.54) is 5.56 Å². The number of nitriles is 1. The molecule has 0 aromatic carbocycles. The first-order valence-corrected chi connectivity index (χ1v) is 13.8. The minimum absolute atomic E-state index is 0.0702. The molecule has 8 nitrogen and oxygen atoms in total. The molecule has 192 valence electrons. The van der Waals surface area contributed by atoms with Gasteiger partial charge in [-0.3, -0.25) is 4.79 Å². The van der Waals surface area contributed by atoms with Gasteiger partial charge in [0.05, 0.1) is 11.3 Å². The third-order valence-electron chi connectivity index (χ3n) is 7.25. The van der Waals surface area contributed by atoms with Gasteiger partial charge in [-0.05, 0) is 86.9 Å². The Bertz CT molecular complexity index is 1080. The lowest BCUT2D eigenvalue weighted by atomic mass is 10.0. The average molecular weight is 509 g/mol. The topological polar surface area (TPSA) is 101 Å². The van der Waals surface area contributed by atoms with Gasteiger partial charge in [-0.15, -0.1) is 0 Å². The minimum atomic E-state index is -0.140. The molecule has 3 heterocycles. The fourth-order valence-electron chi connectivity index (χ4n) is 4.97. The molecule has 36 heavy (non-hydrogen) atoms. The zero-order chi connectivity index (χ0) is 25.7. The summed E-state index contributed by atoms with van der Waals surface area (Å²) in [4.78, 5) is 34.4. The number of urea groups is 1. The van der Waals surface area contributed by atoms with Crippen LogP contribution < -0.4 is 10.6 Å². The summed E-state index contributed by atoms with van der Waals surface area (Å²) in [7, 11) is 0. The fourth-order valence-corrected chi connectivity index (χ4v) is 5.63. The number of thiophene rings is 1. The van der Waals surface area contributed by atoms with Crippen molar-refractivity contribution in [2.75, 3.05) is 19.6 Å². The molecule has 3 amide bonds. The number of hydrogen-bond acceptors (Lipinski definition) is 6. The third-order valence-corrected chi connectivity index (χ3v) is 7.98. The van der Waals surface area contributed by atoms with E-state index in [0.29, 0.717) is 42.1 Å². The zero-order valence-electron chi connectivity index (χ0n) is 21.4. The van der Waals surface area contributed by atoms with Crippen molar-refractivity contribution < 1.29 is 9.59 Å². The Hall–Kier alpha value is -2.96. The number of likely N-dealkylation sites (tertiary alicyclic amines) is 1. The fraction of sp³-hybridized carbons (Fsp3) is 0.556. The van der Waals surface area contributed by atoms with Crippen molar-refractivity contribution in [2.24, 2.45) is 0 Å².